The lowest BCUT2D eigenvalue weighted by Gasteiger charge is -2.01. The van der Waals surface area contributed by atoms with Crippen molar-refractivity contribution in [3.63, 3.8) is 0 Å². The number of halogens is 1. The summed E-state index contributed by atoms with van der Waals surface area (Å²) in [4.78, 5) is 25.8. The third kappa shape index (κ3) is 3.00. The molecule has 124 valence electrons. The lowest BCUT2D eigenvalue weighted by atomic mass is 10.1. The van der Waals surface area contributed by atoms with Crippen LogP contribution in [0, 0.1) is 10.1 Å². The molecule has 0 aliphatic rings. The van der Waals surface area contributed by atoms with Gasteiger partial charge in [-0.2, -0.15) is 4.68 Å². The van der Waals surface area contributed by atoms with Crippen molar-refractivity contribution < 1.29 is 18.9 Å². The van der Waals surface area contributed by atoms with Gasteiger partial charge in [-0.05, 0) is 30.0 Å². The summed E-state index contributed by atoms with van der Waals surface area (Å²) in [6.45, 7) is 1.98. The molecule has 0 aliphatic carbocycles. The van der Waals surface area contributed by atoms with Crippen LogP contribution in [0.1, 0.15) is 23.0 Å². The molecule has 0 unspecified atom stereocenters. The molecule has 0 saturated carbocycles. The molecule has 0 atom stereocenters. The number of rotatable bonds is 5. The molecule has 3 rings (SSSR count). The average Bonchev–Trinajstić information content (AvgIpc) is 3.13. The summed E-state index contributed by atoms with van der Waals surface area (Å²) >= 11 is 3.37. The van der Waals surface area contributed by atoms with Crippen molar-refractivity contribution in [3.05, 3.63) is 50.4 Å². The molecular formula is C14H11BrN4O5. The van der Waals surface area contributed by atoms with Crippen molar-refractivity contribution in [2.24, 2.45) is 0 Å². The maximum Gasteiger partial charge on any atom is 0.490 e. The topological polar surface area (TPSA) is 113 Å². The number of furan rings is 1. The Bertz CT molecular complexity index is 933. The van der Waals surface area contributed by atoms with E-state index < -0.39 is 16.8 Å². The number of carbonyl (C=O) groups excluding carboxylic acids is 1. The van der Waals surface area contributed by atoms with E-state index in [-0.39, 0.29) is 18.9 Å². The van der Waals surface area contributed by atoms with E-state index in [1.807, 2.05) is 0 Å². The van der Waals surface area contributed by atoms with Crippen LogP contribution in [0.3, 0.4) is 0 Å². The van der Waals surface area contributed by atoms with Crippen molar-refractivity contribution >= 4 is 38.8 Å². The largest absolute Gasteiger partial charge is 0.490 e. The quantitative estimate of drug-likeness (QED) is 0.371. The molecule has 2 aromatic heterocycles. The van der Waals surface area contributed by atoms with Gasteiger partial charge >= 0.3 is 11.9 Å². The Morgan fingerprint density at radius 2 is 2.29 bits per heavy atom. The van der Waals surface area contributed by atoms with Crippen molar-refractivity contribution in [2.45, 2.75) is 13.5 Å². The SMILES string of the molecule is CCOC(=O)c1oc2ccc(Br)cc2c1Cn1cnc([N+](=O)[O-])n1. The fraction of sp³-hybridized carbons (Fsp3) is 0.214. The predicted octanol–water partition coefficient (Wildman–Crippen LogP) is 2.92. The van der Waals surface area contributed by atoms with Gasteiger partial charge in [0, 0.05) is 20.5 Å². The average molecular weight is 395 g/mol. The zero-order chi connectivity index (χ0) is 17.3. The maximum absolute atomic E-state index is 12.1. The second-order valence-electron chi connectivity index (χ2n) is 4.77. The lowest BCUT2D eigenvalue weighted by Crippen LogP contribution is -2.09. The van der Waals surface area contributed by atoms with Crippen molar-refractivity contribution in [1.29, 1.82) is 0 Å². The minimum absolute atomic E-state index is 0.0445. The van der Waals surface area contributed by atoms with Gasteiger partial charge in [0.2, 0.25) is 12.1 Å². The number of fused-ring (bicyclic) bond motifs is 1. The highest BCUT2D eigenvalue weighted by molar-refractivity contribution is 9.10. The summed E-state index contributed by atoms with van der Waals surface area (Å²) in [6.07, 6.45) is 1.23. The van der Waals surface area contributed by atoms with E-state index in [9.17, 15) is 14.9 Å². The van der Waals surface area contributed by atoms with E-state index in [4.69, 9.17) is 9.15 Å². The molecule has 10 heteroatoms. The second kappa shape index (κ2) is 6.40. The monoisotopic (exact) mass is 394 g/mol. The molecular weight excluding hydrogens is 384 g/mol. The van der Waals surface area contributed by atoms with Crippen molar-refractivity contribution in [1.82, 2.24) is 14.8 Å². The molecule has 0 aliphatic heterocycles. The molecule has 0 amide bonds. The van der Waals surface area contributed by atoms with E-state index in [0.29, 0.717) is 16.5 Å². The van der Waals surface area contributed by atoms with Gasteiger partial charge in [-0.3, -0.25) is 0 Å². The Morgan fingerprint density at radius 3 is 2.96 bits per heavy atom. The Kier molecular flexibility index (Phi) is 4.30. The first-order valence-corrected chi connectivity index (χ1v) is 7.70. The number of nitrogens with zero attached hydrogens (tertiary/aromatic N) is 4. The van der Waals surface area contributed by atoms with Crippen LogP contribution in [-0.2, 0) is 11.3 Å². The fourth-order valence-corrected chi connectivity index (χ4v) is 2.61. The van der Waals surface area contributed by atoms with Gasteiger partial charge in [0.05, 0.1) is 13.2 Å². The van der Waals surface area contributed by atoms with Crippen molar-refractivity contribution in [2.75, 3.05) is 6.61 Å². The second-order valence-corrected chi connectivity index (χ2v) is 5.69. The molecule has 0 saturated heterocycles. The minimum Gasteiger partial charge on any atom is -0.460 e. The van der Waals surface area contributed by atoms with Gasteiger partial charge in [0.1, 0.15) is 5.58 Å². The number of carbonyl (C=O) groups is 1. The number of benzene rings is 1. The Hall–Kier alpha value is -2.75. The van der Waals surface area contributed by atoms with Crippen LogP contribution < -0.4 is 0 Å². The molecule has 0 spiro atoms. The van der Waals surface area contributed by atoms with E-state index >= 15 is 0 Å². The van der Waals surface area contributed by atoms with Crippen LogP contribution in [0.2, 0.25) is 0 Å². The number of hydrogen-bond acceptors (Lipinski definition) is 7. The molecule has 0 radical (unpaired) electrons. The number of aromatic nitrogens is 3. The zero-order valence-electron chi connectivity index (χ0n) is 12.4. The summed E-state index contributed by atoms with van der Waals surface area (Å²) in [5, 5.41) is 15.1. The molecule has 9 nitrogen and oxygen atoms in total. The summed E-state index contributed by atoms with van der Waals surface area (Å²) < 4.78 is 12.7. The van der Waals surface area contributed by atoms with Gasteiger partial charge in [-0.25, -0.2) is 4.79 Å². The lowest BCUT2D eigenvalue weighted by molar-refractivity contribution is -0.394. The van der Waals surface area contributed by atoms with Crippen LogP contribution >= 0.6 is 15.9 Å². The number of esters is 1. The third-order valence-electron chi connectivity index (χ3n) is 3.22. The highest BCUT2D eigenvalue weighted by Crippen LogP contribution is 2.30. The predicted molar refractivity (Wildman–Crippen MR) is 85.6 cm³/mol. The van der Waals surface area contributed by atoms with E-state index in [2.05, 4.69) is 26.0 Å². The Morgan fingerprint density at radius 1 is 1.50 bits per heavy atom. The highest BCUT2D eigenvalue weighted by atomic mass is 79.9. The summed E-state index contributed by atoms with van der Waals surface area (Å²) in [5.41, 5.74) is 1.02. The van der Waals surface area contributed by atoms with Gasteiger partial charge in [0.25, 0.3) is 0 Å². The number of ether oxygens (including phenoxy) is 1. The van der Waals surface area contributed by atoms with E-state index in [1.54, 1.807) is 25.1 Å². The summed E-state index contributed by atoms with van der Waals surface area (Å²) in [6, 6.07) is 5.29. The first kappa shape index (κ1) is 16.1. The molecule has 0 fully saturated rings. The standard InChI is InChI=1S/C14H11BrN4O5/c1-2-23-13(20)12-10(6-18-7-16-14(17-18)19(21)22)9-5-8(15)3-4-11(9)24-12/h3-5,7H,2,6H2,1H3. The normalized spacial score (nSPS) is 10.9. The Labute approximate surface area is 143 Å². The maximum atomic E-state index is 12.1. The van der Waals surface area contributed by atoms with Crippen LogP contribution in [0.25, 0.3) is 11.0 Å². The third-order valence-corrected chi connectivity index (χ3v) is 3.71. The number of hydrogen-bond donors (Lipinski definition) is 0. The molecule has 24 heavy (non-hydrogen) atoms. The van der Waals surface area contributed by atoms with Crippen molar-refractivity contribution in [3.8, 4) is 0 Å². The Balaban J connectivity index is 2.08. The van der Waals surface area contributed by atoms with Crippen LogP contribution in [0.15, 0.2) is 33.4 Å². The molecule has 0 N–H and O–H groups in total. The molecule has 0 bridgehead atoms. The first-order chi connectivity index (χ1) is 11.5. The van der Waals surface area contributed by atoms with E-state index in [0.717, 1.165) is 4.47 Å². The van der Waals surface area contributed by atoms with Gasteiger partial charge in [-0.1, -0.05) is 20.9 Å². The summed E-state index contributed by atoms with van der Waals surface area (Å²) in [7, 11) is 0. The molecule has 1 aromatic carbocycles. The molecule has 2 heterocycles. The van der Waals surface area contributed by atoms with Crippen LogP contribution in [0.5, 0.6) is 0 Å². The minimum atomic E-state index is -0.688. The smallest absolute Gasteiger partial charge is 0.460 e. The number of nitro groups is 1. The fourth-order valence-electron chi connectivity index (χ4n) is 2.25. The first-order valence-electron chi connectivity index (χ1n) is 6.91. The van der Waals surface area contributed by atoms with Gasteiger partial charge < -0.3 is 19.3 Å². The van der Waals surface area contributed by atoms with E-state index in [1.165, 1.54) is 11.0 Å². The van der Waals surface area contributed by atoms with Crippen LogP contribution in [0.4, 0.5) is 5.95 Å². The van der Waals surface area contributed by atoms with Gasteiger partial charge in [0.15, 0.2) is 0 Å². The van der Waals surface area contributed by atoms with Gasteiger partial charge in [-0.15, -0.1) is 0 Å². The summed E-state index contributed by atoms with van der Waals surface area (Å²) in [5.74, 6) is -1.07. The molecule has 3 aromatic rings. The zero-order valence-corrected chi connectivity index (χ0v) is 14.0. The van der Waals surface area contributed by atoms with Crippen LogP contribution in [-0.4, -0.2) is 32.3 Å². The highest BCUT2D eigenvalue weighted by Gasteiger charge is 2.24.